The Morgan fingerprint density at radius 1 is 1.15 bits per heavy atom. The Morgan fingerprint density at radius 3 is 2.56 bits per heavy atom. The molecule has 39 heavy (non-hydrogen) atoms. The van der Waals surface area contributed by atoms with Crippen LogP contribution in [-0.2, 0) is 7.05 Å². The molecule has 0 bridgehead atoms. The van der Waals surface area contributed by atoms with E-state index in [0.717, 1.165) is 52.1 Å². The highest BCUT2D eigenvalue weighted by Gasteiger charge is 2.25. The number of benzene rings is 1. The van der Waals surface area contributed by atoms with Crippen LogP contribution in [0.1, 0.15) is 46.6 Å². The van der Waals surface area contributed by atoms with Crippen LogP contribution < -0.4 is 5.32 Å². The second kappa shape index (κ2) is 10.6. The Bertz CT molecular complexity index is 1550. The summed E-state index contributed by atoms with van der Waals surface area (Å²) >= 11 is 0. The first-order valence-electron chi connectivity index (χ1n) is 13.2. The SMILES string of the molecule is CNc1ccc(-c2ccnc3c2cc([C@@H](C)N2CC=C(c4c(C)cc(C(=O)N(C)C)cc4F)CC2)n3C)cn1. The zero-order chi connectivity index (χ0) is 27.8. The molecule has 1 aliphatic rings. The molecule has 1 amide bonds. The lowest BCUT2D eigenvalue weighted by molar-refractivity contribution is 0.0827. The monoisotopic (exact) mass is 526 g/mol. The normalized spacial score (nSPS) is 14.8. The average Bonchev–Trinajstić information content (AvgIpc) is 3.28. The van der Waals surface area contributed by atoms with Crippen LogP contribution in [0, 0.1) is 12.7 Å². The third-order valence-corrected chi connectivity index (χ3v) is 7.77. The molecule has 0 radical (unpaired) electrons. The lowest BCUT2D eigenvalue weighted by Gasteiger charge is -2.32. The van der Waals surface area contributed by atoms with Gasteiger partial charge in [-0.2, -0.15) is 0 Å². The van der Waals surface area contributed by atoms with Crippen molar-refractivity contribution in [1.82, 2.24) is 24.3 Å². The van der Waals surface area contributed by atoms with E-state index in [2.05, 4.69) is 56.9 Å². The van der Waals surface area contributed by atoms with Gasteiger partial charge >= 0.3 is 0 Å². The predicted octanol–water partition coefficient (Wildman–Crippen LogP) is 5.68. The molecule has 0 unspecified atom stereocenters. The number of nitrogens with one attached hydrogen (secondary N) is 1. The summed E-state index contributed by atoms with van der Waals surface area (Å²) in [6.07, 6.45) is 6.60. The number of fused-ring (bicyclic) bond motifs is 1. The topological polar surface area (TPSA) is 66.3 Å². The summed E-state index contributed by atoms with van der Waals surface area (Å²) in [5, 5.41) is 4.16. The summed E-state index contributed by atoms with van der Waals surface area (Å²) in [6, 6.07) is 11.6. The van der Waals surface area contributed by atoms with Crippen LogP contribution in [0.4, 0.5) is 10.2 Å². The van der Waals surface area contributed by atoms with Crippen LogP contribution in [0.15, 0.2) is 54.9 Å². The molecule has 0 fully saturated rings. The number of pyridine rings is 2. The lowest BCUT2D eigenvalue weighted by atomic mass is 9.92. The molecule has 202 valence electrons. The number of nitrogens with zero attached hydrogens (tertiary/aromatic N) is 5. The van der Waals surface area contributed by atoms with Crippen LogP contribution in [0.5, 0.6) is 0 Å². The fraction of sp³-hybridized carbons (Fsp3) is 0.323. The van der Waals surface area contributed by atoms with Gasteiger partial charge in [-0.15, -0.1) is 0 Å². The molecule has 4 aromatic rings. The van der Waals surface area contributed by atoms with Crippen molar-refractivity contribution in [2.45, 2.75) is 26.3 Å². The van der Waals surface area contributed by atoms with Crippen molar-refractivity contribution in [3.63, 3.8) is 0 Å². The van der Waals surface area contributed by atoms with Crippen molar-refractivity contribution in [1.29, 1.82) is 0 Å². The Kier molecular flexibility index (Phi) is 7.23. The average molecular weight is 527 g/mol. The van der Waals surface area contributed by atoms with E-state index in [1.165, 1.54) is 16.7 Å². The number of carbonyl (C=O) groups excluding carboxylic acids is 1. The maximum Gasteiger partial charge on any atom is 0.253 e. The minimum Gasteiger partial charge on any atom is -0.373 e. The number of halogens is 1. The molecule has 1 N–H and O–H groups in total. The molecule has 1 aliphatic heterocycles. The van der Waals surface area contributed by atoms with Gasteiger partial charge in [-0.05, 0) is 73.4 Å². The summed E-state index contributed by atoms with van der Waals surface area (Å²) in [6.45, 7) is 5.61. The molecule has 0 saturated heterocycles. The molecule has 7 nitrogen and oxygen atoms in total. The van der Waals surface area contributed by atoms with Crippen LogP contribution in [-0.4, -0.2) is 64.5 Å². The first-order chi connectivity index (χ1) is 18.7. The van der Waals surface area contributed by atoms with Crippen molar-refractivity contribution in [3.8, 4) is 11.1 Å². The van der Waals surface area contributed by atoms with E-state index in [0.29, 0.717) is 17.7 Å². The molecular formula is C31H35FN6O. The molecule has 1 atom stereocenters. The van der Waals surface area contributed by atoms with Gasteiger partial charge in [0.15, 0.2) is 0 Å². The molecule has 4 heterocycles. The van der Waals surface area contributed by atoms with Crippen LogP contribution >= 0.6 is 0 Å². The maximum absolute atomic E-state index is 15.2. The second-order valence-electron chi connectivity index (χ2n) is 10.4. The summed E-state index contributed by atoms with van der Waals surface area (Å²) in [4.78, 5) is 25.4. The number of carbonyl (C=O) groups is 1. The largest absolute Gasteiger partial charge is 0.373 e. The van der Waals surface area contributed by atoms with Gasteiger partial charge in [-0.25, -0.2) is 14.4 Å². The van der Waals surface area contributed by atoms with E-state index in [4.69, 9.17) is 0 Å². The van der Waals surface area contributed by atoms with E-state index < -0.39 is 0 Å². The third-order valence-electron chi connectivity index (χ3n) is 7.77. The predicted molar refractivity (Wildman–Crippen MR) is 155 cm³/mol. The van der Waals surface area contributed by atoms with E-state index in [-0.39, 0.29) is 17.8 Å². The number of hydrogen-bond donors (Lipinski definition) is 1. The Hall–Kier alpha value is -4.04. The number of aryl methyl sites for hydroxylation is 2. The lowest BCUT2D eigenvalue weighted by Crippen LogP contribution is -2.32. The highest BCUT2D eigenvalue weighted by Crippen LogP contribution is 2.35. The Balaban J connectivity index is 1.40. The first kappa shape index (κ1) is 26.6. The summed E-state index contributed by atoms with van der Waals surface area (Å²) < 4.78 is 17.4. The molecule has 5 rings (SSSR count). The quantitative estimate of drug-likeness (QED) is 0.350. The number of amides is 1. The summed E-state index contributed by atoms with van der Waals surface area (Å²) in [5.74, 6) is 0.300. The van der Waals surface area contributed by atoms with E-state index in [1.54, 1.807) is 20.2 Å². The molecule has 0 spiro atoms. The standard InChI is InChI=1S/C31H35FN6O/c1-19-15-23(31(39)36(4)5)16-26(32)29(19)21-10-13-38(14-11-21)20(2)27-17-25-24(9-12-34-30(25)37(27)6)22-7-8-28(33-3)35-18-22/h7-10,12,15-18,20H,11,13-14H2,1-6H3,(H,33,35)/t20-/m1/s1. The highest BCUT2D eigenvalue weighted by atomic mass is 19.1. The van der Waals surface area contributed by atoms with Crippen LogP contribution in [0.2, 0.25) is 0 Å². The zero-order valence-electron chi connectivity index (χ0n) is 23.4. The molecule has 1 aromatic carbocycles. The number of aromatic nitrogens is 3. The van der Waals surface area contributed by atoms with Crippen LogP contribution in [0.3, 0.4) is 0 Å². The van der Waals surface area contributed by atoms with Crippen molar-refractivity contribution >= 4 is 28.3 Å². The van der Waals surface area contributed by atoms with E-state index >= 15 is 4.39 Å². The van der Waals surface area contributed by atoms with Crippen molar-refractivity contribution in [3.05, 3.63) is 83.1 Å². The van der Waals surface area contributed by atoms with Crippen LogP contribution in [0.25, 0.3) is 27.7 Å². The van der Waals surface area contributed by atoms with Gasteiger partial charge in [0.05, 0.1) is 0 Å². The minimum absolute atomic E-state index is 0.144. The van der Waals surface area contributed by atoms with Gasteiger partial charge in [-0.1, -0.05) is 6.08 Å². The molecule has 3 aromatic heterocycles. The number of anilines is 1. The molecule has 8 heteroatoms. The zero-order valence-corrected chi connectivity index (χ0v) is 23.4. The molecular weight excluding hydrogens is 491 g/mol. The Labute approximate surface area is 229 Å². The second-order valence-corrected chi connectivity index (χ2v) is 10.4. The van der Waals surface area contributed by atoms with Gasteiger partial charge in [-0.3, -0.25) is 9.69 Å². The van der Waals surface area contributed by atoms with Crippen molar-refractivity contribution in [2.75, 3.05) is 39.5 Å². The highest BCUT2D eigenvalue weighted by molar-refractivity contribution is 5.95. The number of hydrogen-bond acceptors (Lipinski definition) is 5. The van der Waals surface area contributed by atoms with Crippen molar-refractivity contribution in [2.24, 2.45) is 7.05 Å². The van der Waals surface area contributed by atoms with Gasteiger partial charge in [0, 0.05) is 87.5 Å². The third kappa shape index (κ3) is 4.92. The smallest absolute Gasteiger partial charge is 0.253 e. The van der Waals surface area contributed by atoms with Gasteiger partial charge < -0.3 is 14.8 Å². The van der Waals surface area contributed by atoms with Gasteiger partial charge in [0.25, 0.3) is 5.91 Å². The van der Waals surface area contributed by atoms with Gasteiger partial charge in [0.2, 0.25) is 0 Å². The molecule has 0 aliphatic carbocycles. The fourth-order valence-electron chi connectivity index (χ4n) is 5.58. The molecule has 0 saturated carbocycles. The number of rotatable bonds is 6. The van der Waals surface area contributed by atoms with E-state index in [1.807, 2.05) is 38.5 Å². The minimum atomic E-state index is -0.336. The summed E-state index contributed by atoms with van der Waals surface area (Å²) in [7, 11) is 7.27. The fourth-order valence-corrected chi connectivity index (χ4v) is 5.58. The van der Waals surface area contributed by atoms with E-state index in [9.17, 15) is 4.79 Å². The van der Waals surface area contributed by atoms with Crippen molar-refractivity contribution < 1.29 is 9.18 Å². The Morgan fingerprint density at radius 2 is 1.95 bits per heavy atom. The summed E-state index contributed by atoms with van der Waals surface area (Å²) in [5.41, 5.74) is 7.05. The van der Waals surface area contributed by atoms with Gasteiger partial charge in [0.1, 0.15) is 17.3 Å². The first-order valence-corrected chi connectivity index (χ1v) is 13.2. The maximum atomic E-state index is 15.2.